The van der Waals surface area contributed by atoms with Crippen LogP contribution in [0.25, 0.3) is 31.6 Å². The largest absolute Gasteiger partial charge is 0.493 e. The average molecular weight is 402 g/mol. The lowest BCUT2D eigenvalue weighted by molar-refractivity contribution is 0.355. The zero-order valence-electron chi connectivity index (χ0n) is 15.9. The summed E-state index contributed by atoms with van der Waals surface area (Å²) in [6, 6.07) is 16.2. The summed E-state index contributed by atoms with van der Waals surface area (Å²) < 4.78 is 11.8. The highest BCUT2D eigenvalue weighted by Gasteiger charge is 2.13. The van der Waals surface area contributed by atoms with Gasteiger partial charge in [0.05, 0.1) is 24.4 Å². The molecule has 2 aromatic carbocycles. The van der Waals surface area contributed by atoms with E-state index in [1.54, 1.807) is 31.9 Å². The number of nitrogens with zero attached hydrogens (tertiary/aromatic N) is 2. The molecule has 0 spiro atoms. The lowest BCUT2D eigenvalue weighted by Crippen LogP contribution is -1.94. The maximum absolute atomic E-state index is 5.44. The van der Waals surface area contributed by atoms with Crippen molar-refractivity contribution in [3.8, 4) is 21.9 Å². The minimum atomic E-state index is 0.701. The fourth-order valence-corrected chi connectivity index (χ4v) is 4.39. The molecule has 0 aliphatic carbocycles. The number of hydrogen-bond acceptors (Lipinski definition) is 6. The van der Waals surface area contributed by atoms with E-state index in [-0.39, 0.29) is 0 Å². The fourth-order valence-electron chi connectivity index (χ4n) is 3.34. The first-order valence-electron chi connectivity index (χ1n) is 9.06. The van der Waals surface area contributed by atoms with Gasteiger partial charge in [-0.15, -0.1) is 11.3 Å². The molecule has 0 aliphatic heterocycles. The standard InChI is InChI=1S/C22H18N4O2S/c1-27-18-6-3-14(10-19(18)28-2)20-11-17-21(29-20)22(25-12-24-17)26-15-4-5-16-13(9-15)7-8-23-16/h3-12,23H,1-2H3,(H,24,25,26). The SMILES string of the molecule is COc1ccc(-c2cc3ncnc(Nc4ccc5[nH]ccc5c4)c3s2)cc1OC. The highest BCUT2D eigenvalue weighted by Crippen LogP contribution is 2.39. The molecule has 3 aromatic heterocycles. The lowest BCUT2D eigenvalue weighted by atomic mass is 10.1. The number of rotatable bonds is 5. The number of nitrogens with one attached hydrogen (secondary N) is 2. The van der Waals surface area contributed by atoms with Crippen LogP contribution in [0, 0.1) is 0 Å². The van der Waals surface area contributed by atoms with Gasteiger partial charge in [0.2, 0.25) is 0 Å². The van der Waals surface area contributed by atoms with Gasteiger partial charge in [0, 0.05) is 27.7 Å². The summed E-state index contributed by atoms with van der Waals surface area (Å²) in [5, 5.41) is 4.59. The second kappa shape index (κ2) is 7.10. The number of benzene rings is 2. The van der Waals surface area contributed by atoms with Crippen molar-refractivity contribution >= 4 is 44.0 Å². The Morgan fingerprint density at radius 2 is 1.83 bits per heavy atom. The van der Waals surface area contributed by atoms with Crippen LogP contribution in [-0.4, -0.2) is 29.2 Å². The number of ether oxygens (including phenoxy) is 2. The molecule has 0 radical (unpaired) electrons. The van der Waals surface area contributed by atoms with Gasteiger partial charge in [-0.2, -0.15) is 0 Å². The number of methoxy groups -OCH3 is 2. The highest BCUT2D eigenvalue weighted by molar-refractivity contribution is 7.22. The zero-order chi connectivity index (χ0) is 19.8. The topological polar surface area (TPSA) is 72.1 Å². The van der Waals surface area contributed by atoms with Crippen LogP contribution in [0.4, 0.5) is 11.5 Å². The zero-order valence-corrected chi connectivity index (χ0v) is 16.7. The minimum Gasteiger partial charge on any atom is -0.493 e. The maximum atomic E-state index is 5.44. The Morgan fingerprint density at radius 1 is 0.931 bits per heavy atom. The minimum absolute atomic E-state index is 0.701. The second-order valence-corrected chi connectivity index (χ2v) is 7.57. The summed E-state index contributed by atoms with van der Waals surface area (Å²) >= 11 is 1.64. The molecule has 3 heterocycles. The Labute approximate surface area is 171 Å². The molecular formula is C22H18N4O2S. The van der Waals surface area contributed by atoms with E-state index >= 15 is 0 Å². The van der Waals surface area contributed by atoms with Crippen LogP contribution >= 0.6 is 11.3 Å². The first-order chi connectivity index (χ1) is 14.2. The lowest BCUT2D eigenvalue weighted by Gasteiger charge is -2.08. The molecule has 0 unspecified atom stereocenters. The third-order valence-corrected chi connectivity index (χ3v) is 5.98. The summed E-state index contributed by atoms with van der Waals surface area (Å²) in [4.78, 5) is 13.2. The first-order valence-corrected chi connectivity index (χ1v) is 9.88. The van der Waals surface area contributed by atoms with E-state index < -0.39 is 0 Å². The summed E-state index contributed by atoms with van der Waals surface area (Å²) in [5.41, 5.74) is 4.04. The number of aromatic amines is 1. The van der Waals surface area contributed by atoms with Crippen LogP contribution in [0.2, 0.25) is 0 Å². The molecular weight excluding hydrogens is 384 g/mol. The van der Waals surface area contributed by atoms with E-state index in [4.69, 9.17) is 9.47 Å². The predicted molar refractivity (Wildman–Crippen MR) is 118 cm³/mol. The van der Waals surface area contributed by atoms with Gasteiger partial charge < -0.3 is 19.8 Å². The first kappa shape index (κ1) is 17.5. The molecule has 2 N–H and O–H groups in total. The summed E-state index contributed by atoms with van der Waals surface area (Å²) in [6.45, 7) is 0. The van der Waals surface area contributed by atoms with Crippen LogP contribution in [0.5, 0.6) is 11.5 Å². The Morgan fingerprint density at radius 3 is 2.69 bits per heavy atom. The number of H-pyrrole nitrogens is 1. The van der Waals surface area contributed by atoms with Crippen molar-refractivity contribution in [2.75, 3.05) is 19.5 Å². The second-order valence-electron chi connectivity index (χ2n) is 6.52. The molecule has 0 atom stereocenters. The van der Waals surface area contributed by atoms with Crippen LogP contribution in [0.1, 0.15) is 0 Å². The van der Waals surface area contributed by atoms with Gasteiger partial charge in [0.25, 0.3) is 0 Å². The number of aromatic nitrogens is 3. The van der Waals surface area contributed by atoms with Crippen molar-refractivity contribution in [2.45, 2.75) is 0 Å². The van der Waals surface area contributed by atoms with Crippen molar-refractivity contribution in [3.63, 3.8) is 0 Å². The van der Waals surface area contributed by atoms with E-state index in [1.807, 2.05) is 30.5 Å². The summed E-state index contributed by atoms with van der Waals surface area (Å²) in [7, 11) is 3.27. The maximum Gasteiger partial charge on any atom is 0.161 e. The van der Waals surface area contributed by atoms with Crippen molar-refractivity contribution in [1.82, 2.24) is 15.0 Å². The van der Waals surface area contributed by atoms with E-state index in [0.717, 1.165) is 43.1 Å². The molecule has 0 bridgehead atoms. The van der Waals surface area contributed by atoms with E-state index in [0.29, 0.717) is 11.5 Å². The Balaban J connectivity index is 1.54. The fraction of sp³-hybridized carbons (Fsp3) is 0.0909. The Bertz CT molecular complexity index is 1330. The van der Waals surface area contributed by atoms with Crippen molar-refractivity contribution in [3.05, 3.63) is 61.1 Å². The molecule has 6 nitrogen and oxygen atoms in total. The van der Waals surface area contributed by atoms with Gasteiger partial charge >= 0.3 is 0 Å². The Kier molecular flexibility index (Phi) is 4.29. The van der Waals surface area contributed by atoms with Crippen LogP contribution in [0.3, 0.4) is 0 Å². The van der Waals surface area contributed by atoms with Gasteiger partial charge in [-0.1, -0.05) is 0 Å². The summed E-state index contributed by atoms with van der Waals surface area (Å²) in [5.74, 6) is 2.20. The smallest absolute Gasteiger partial charge is 0.161 e. The van der Waals surface area contributed by atoms with Gasteiger partial charge in [-0.25, -0.2) is 9.97 Å². The van der Waals surface area contributed by atoms with Crippen molar-refractivity contribution < 1.29 is 9.47 Å². The number of anilines is 2. The number of fused-ring (bicyclic) bond motifs is 2. The molecule has 5 aromatic rings. The van der Waals surface area contributed by atoms with Crippen molar-refractivity contribution in [2.24, 2.45) is 0 Å². The van der Waals surface area contributed by atoms with Gasteiger partial charge in [0.15, 0.2) is 17.3 Å². The van der Waals surface area contributed by atoms with Crippen LogP contribution < -0.4 is 14.8 Å². The molecule has 0 fully saturated rings. The normalized spacial score (nSPS) is 11.1. The third-order valence-electron chi connectivity index (χ3n) is 4.80. The molecule has 7 heteroatoms. The molecule has 144 valence electrons. The third kappa shape index (κ3) is 3.15. The molecule has 5 rings (SSSR count). The Hall–Kier alpha value is -3.58. The van der Waals surface area contributed by atoms with Gasteiger partial charge in [-0.05, 0) is 54.1 Å². The average Bonchev–Trinajstić information content (AvgIpc) is 3.40. The molecule has 0 saturated heterocycles. The van der Waals surface area contributed by atoms with Gasteiger partial charge in [-0.3, -0.25) is 0 Å². The highest BCUT2D eigenvalue weighted by atomic mass is 32.1. The molecule has 0 aliphatic rings. The van der Waals surface area contributed by atoms with Crippen molar-refractivity contribution in [1.29, 1.82) is 0 Å². The predicted octanol–water partition coefficient (Wildman–Crippen LogP) is 5.60. The van der Waals surface area contributed by atoms with E-state index in [1.165, 1.54) is 0 Å². The monoisotopic (exact) mass is 402 g/mol. The van der Waals surface area contributed by atoms with Gasteiger partial charge in [0.1, 0.15) is 6.33 Å². The molecule has 0 saturated carbocycles. The van der Waals surface area contributed by atoms with E-state index in [2.05, 4.69) is 44.5 Å². The number of thiophene rings is 1. The van der Waals surface area contributed by atoms with Crippen LogP contribution in [-0.2, 0) is 0 Å². The van der Waals surface area contributed by atoms with Crippen LogP contribution in [0.15, 0.2) is 61.1 Å². The summed E-state index contributed by atoms with van der Waals surface area (Å²) in [6.07, 6.45) is 3.52. The molecule has 0 amide bonds. The van der Waals surface area contributed by atoms with E-state index in [9.17, 15) is 0 Å². The molecule has 29 heavy (non-hydrogen) atoms. The quantitative estimate of drug-likeness (QED) is 0.400. The number of hydrogen-bond donors (Lipinski definition) is 2.